The van der Waals surface area contributed by atoms with Crippen LogP contribution in [0.1, 0.15) is 43.7 Å². The summed E-state index contributed by atoms with van der Waals surface area (Å²) in [5, 5.41) is 2.54. The zero-order chi connectivity index (χ0) is 20.6. The van der Waals surface area contributed by atoms with Crippen molar-refractivity contribution < 1.29 is 19.1 Å². The molecule has 3 rings (SSSR count). The summed E-state index contributed by atoms with van der Waals surface area (Å²) < 4.78 is 7.21. The van der Waals surface area contributed by atoms with Gasteiger partial charge in [-0.25, -0.2) is 19.7 Å². The molecule has 3 amide bonds. The molecule has 1 aliphatic heterocycles. The molecular weight excluding hydrogens is 362 g/mol. The minimum absolute atomic E-state index is 0.186. The van der Waals surface area contributed by atoms with Crippen LogP contribution in [0.15, 0.2) is 18.3 Å². The van der Waals surface area contributed by atoms with Crippen LogP contribution in [0.5, 0.6) is 0 Å². The third kappa shape index (κ3) is 3.88. The molecular formula is C19H23N5O4. The molecule has 1 aliphatic rings. The van der Waals surface area contributed by atoms with E-state index in [-0.39, 0.29) is 18.4 Å². The van der Waals surface area contributed by atoms with Gasteiger partial charge in [-0.2, -0.15) is 0 Å². The number of imide groups is 1. The molecule has 2 aromatic heterocycles. The summed E-state index contributed by atoms with van der Waals surface area (Å²) in [4.78, 5) is 45.9. The smallest absolute Gasteiger partial charge is 0.417 e. The Hall–Kier alpha value is -3.23. The van der Waals surface area contributed by atoms with E-state index in [0.717, 1.165) is 10.6 Å². The van der Waals surface area contributed by atoms with E-state index in [4.69, 9.17) is 4.74 Å². The highest BCUT2D eigenvalue weighted by molar-refractivity contribution is 6.05. The number of nitrogens with one attached hydrogen (secondary N) is 1. The van der Waals surface area contributed by atoms with Gasteiger partial charge >= 0.3 is 6.09 Å². The van der Waals surface area contributed by atoms with Crippen LogP contribution in [0, 0.1) is 0 Å². The van der Waals surface area contributed by atoms with Crippen LogP contribution < -0.4 is 5.32 Å². The Labute approximate surface area is 162 Å². The van der Waals surface area contributed by atoms with E-state index in [1.807, 2.05) is 11.6 Å². The minimum atomic E-state index is -0.680. The van der Waals surface area contributed by atoms with Gasteiger partial charge in [0.05, 0.1) is 17.0 Å². The van der Waals surface area contributed by atoms with Gasteiger partial charge in [0.15, 0.2) is 0 Å². The predicted molar refractivity (Wildman–Crippen MR) is 102 cm³/mol. The quantitative estimate of drug-likeness (QED) is 0.851. The number of aromatic nitrogens is 3. The summed E-state index contributed by atoms with van der Waals surface area (Å²) >= 11 is 0. The Morgan fingerprint density at radius 3 is 2.64 bits per heavy atom. The zero-order valence-corrected chi connectivity index (χ0v) is 16.6. The van der Waals surface area contributed by atoms with Crippen LogP contribution in [0.3, 0.4) is 0 Å². The first-order valence-electron chi connectivity index (χ1n) is 8.91. The summed E-state index contributed by atoms with van der Waals surface area (Å²) in [6.07, 6.45) is 1.40. The number of fused-ring (bicyclic) bond motifs is 1. The van der Waals surface area contributed by atoms with Crippen molar-refractivity contribution in [2.24, 2.45) is 7.05 Å². The number of hydrogen-bond donors (Lipinski definition) is 1. The minimum Gasteiger partial charge on any atom is -0.443 e. The van der Waals surface area contributed by atoms with E-state index in [0.29, 0.717) is 23.4 Å². The molecule has 0 saturated carbocycles. The molecule has 0 bridgehead atoms. The Kier molecular flexibility index (Phi) is 4.93. The Morgan fingerprint density at radius 1 is 1.29 bits per heavy atom. The second-order valence-corrected chi connectivity index (χ2v) is 7.58. The molecule has 1 N–H and O–H groups in total. The van der Waals surface area contributed by atoms with Gasteiger partial charge in [-0.3, -0.25) is 14.9 Å². The van der Waals surface area contributed by atoms with Gasteiger partial charge < -0.3 is 9.30 Å². The number of carbonyl (C=O) groups excluding carboxylic acids is 3. The molecule has 0 aromatic carbocycles. The first kappa shape index (κ1) is 19.5. The van der Waals surface area contributed by atoms with Crippen molar-refractivity contribution in [3.8, 4) is 11.4 Å². The summed E-state index contributed by atoms with van der Waals surface area (Å²) in [5.41, 5.74) is 1.83. The van der Waals surface area contributed by atoms with Crippen molar-refractivity contribution in [3.05, 3.63) is 29.6 Å². The monoisotopic (exact) mass is 385 g/mol. The molecule has 0 saturated heterocycles. The van der Waals surface area contributed by atoms with Gasteiger partial charge in [-0.15, -0.1) is 0 Å². The second-order valence-electron chi connectivity index (χ2n) is 7.58. The number of rotatable bonds is 2. The Balaban J connectivity index is 1.93. The lowest BCUT2D eigenvalue weighted by Crippen LogP contribution is -2.44. The molecule has 0 radical (unpaired) electrons. The third-order valence-corrected chi connectivity index (χ3v) is 4.23. The number of nitrogens with zero attached hydrogens (tertiary/aromatic N) is 4. The fourth-order valence-corrected chi connectivity index (χ4v) is 3.05. The largest absolute Gasteiger partial charge is 0.443 e. The van der Waals surface area contributed by atoms with Crippen molar-refractivity contribution >= 4 is 23.9 Å². The van der Waals surface area contributed by atoms with E-state index in [1.165, 1.54) is 13.1 Å². The molecule has 0 unspecified atom stereocenters. The summed E-state index contributed by atoms with van der Waals surface area (Å²) in [7, 11) is 1.84. The molecule has 9 nitrogen and oxygen atoms in total. The van der Waals surface area contributed by atoms with Gasteiger partial charge in [0.2, 0.25) is 11.9 Å². The van der Waals surface area contributed by atoms with Crippen LogP contribution in [0.4, 0.5) is 10.7 Å². The fraction of sp³-hybridized carbons (Fsp3) is 0.421. The maximum Gasteiger partial charge on any atom is 0.417 e. The van der Waals surface area contributed by atoms with Gasteiger partial charge in [0.1, 0.15) is 5.60 Å². The molecule has 0 fully saturated rings. The Morgan fingerprint density at radius 2 is 2.00 bits per heavy atom. The highest BCUT2D eigenvalue weighted by atomic mass is 16.6. The first-order chi connectivity index (χ1) is 13.1. The summed E-state index contributed by atoms with van der Waals surface area (Å²) in [6.45, 7) is 6.90. The second kappa shape index (κ2) is 7.06. The number of amides is 3. The van der Waals surface area contributed by atoms with E-state index < -0.39 is 17.6 Å². The Bertz CT molecular complexity index is 958. The topological polar surface area (TPSA) is 106 Å². The molecule has 0 spiro atoms. The average Bonchev–Trinajstić information content (AvgIpc) is 2.91. The highest BCUT2D eigenvalue weighted by Crippen LogP contribution is 2.29. The average molecular weight is 385 g/mol. The maximum atomic E-state index is 12.9. The van der Waals surface area contributed by atoms with Crippen LogP contribution in [-0.2, 0) is 23.0 Å². The lowest BCUT2D eigenvalue weighted by Gasteiger charge is -2.28. The molecule has 9 heteroatoms. The van der Waals surface area contributed by atoms with Crippen molar-refractivity contribution in [1.82, 2.24) is 19.4 Å². The molecule has 148 valence electrons. The van der Waals surface area contributed by atoms with Gasteiger partial charge in [-0.05, 0) is 32.9 Å². The van der Waals surface area contributed by atoms with Crippen LogP contribution in [-0.4, -0.2) is 49.5 Å². The maximum absolute atomic E-state index is 12.9. The SMILES string of the molecule is CC(=O)Nc1nccc(-c2cc3c(n2C)CCN(C(=O)OC(C)(C)C)C3=O)n1. The van der Waals surface area contributed by atoms with E-state index >= 15 is 0 Å². The van der Waals surface area contributed by atoms with Crippen molar-refractivity contribution in [1.29, 1.82) is 0 Å². The third-order valence-electron chi connectivity index (χ3n) is 4.23. The van der Waals surface area contributed by atoms with Gasteiger partial charge in [-0.1, -0.05) is 0 Å². The summed E-state index contributed by atoms with van der Waals surface area (Å²) in [5.74, 6) is -0.481. The molecule has 2 aromatic rings. The highest BCUT2D eigenvalue weighted by Gasteiger charge is 2.34. The van der Waals surface area contributed by atoms with Crippen LogP contribution in [0.25, 0.3) is 11.4 Å². The van der Waals surface area contributed by atoms with Crippen LogP contribution in [0.2, 0.25) is 0 Å². The zero-order valence-electron chi connectivity index (χ0n) is 16.6. The first-order valence-corrected chi connectivity index (χ1v) is 8.91. The van der Waals surface area contributed by atoms with E-state index in [2.05, 4.69) is 15.3 Å². The van der Waals surface area contributed by atoms with Gasteiger partial charge in [0, 0.05) is 38.8 Å². The van der Waals surface area contributed by atoms with Crippen LogP contribution >= 0.6 is 0 Å². The number of carbonyl (C=O) groups is 3. The van der Waals surface area contributed by atoms with E-state index in [9.17, 15) is 14.4 Å². The fourth-order valence-electron chi connectivity index (χ4n) is 3.05. The van der Waals surface area contributed by atoms with Crippen molar-refractivity contribution in [2.75, 3.05) is 11.9 Å². The molecule has 0 aliphatic carbocycles. The normalized spacial score (nSPS) is 13.9. The van der Waals surface area contributed by atoms with E-state index in [1.54, 1.807) is 32.9 Å². The number of hydrogen-bond acceptors (Lipinski definition) is 6. The summed E-state index contributed by atoms with van der Waals surface area (Å²) in [6, 6.07) is 3.40. The van der Waals surface area contributed by atoms with Gasteiger partial charge in [0.25, 0.3) is 5.91 Å². The predicted octanol–water partition coefficient (Wildman–Crippen LogP) is 2.37. The lowest BCUT2D eigenvalue weighted by atomic mass is 10.1. The molecule has 28 heavy (non-hydrogen) atoms. The lowest BCUT2D eigenvalue weighted by molar-refractivity contribution is -0.114. The van der Waals surface area contributed by atoms with Crippen molar-refractivity contribution in [2.45, 2.75) is 39.7 Å². The molecule has 3 heterocycles. The number of anilines is 1. The number of ether oxygens (including phenoxy) is 1. The standard InChI is InChI=1S/C19H23N5O4/c1-11(25)21-17-20-8-6-13(22-17)15-10-12-14(23(15)5)7-9-24(16(12)26)18(27)28-19(2,3)4/h6,8,10H,7,9H2,1-5H3,(H,20,21,22,25). The van der Waals surface area contributed by atoms with Crippen molar-refractivity contribution in [3.63, 3.8) is 0 Å². The molecule has 0 atom stereocenters.